The highest BCUT2D eigenvalue weighted by molar-refractivity contribution is 6.32. The molecule has 0 spiro atoms. The molecule has 1 saturated carbocycles. The van der Waals surface area contributed by atoms with Crippen LogP contribution in [0.25, 0.3) is 0 Å². The lowest BCUT2D eigenvalue weighted by Gasteiger charge is -2.07. The summed E-state index contributed by atoms with van der Waals surface area (Å²) < 4.78 is 5.60. The number of Topliss-reactive ketones (excluding diaryl/α,β-unsaturated/α-hetero) is 1. The smallest absolute Gasteiger partial charge is 0.138 e. The van der Waals surface area contributed by atoms with Crippen molar-refractivity contribution in [2.75, 3.05) is 0 Å². The van der Waals surface area contributed by atoms with E-state index in [9.17, 15) is 4.79 Å². The molecule has 0 N–H and O–H groups in total. The first kappa shape index (κ1) is 10.5. The first-order chi connectivity index (χ1) is 7.15. The Labute approximate surface area is 94.2 Å². The molecule has 1 aliphatic carbocycles. The highest BCUT2D eigenvalue weighted by atomic mass is 35.5. The van der Waals surface area contributed by atoms with Gasteiger partial charge in [-0.25, -0.2) is 0 Å². The SMILES string of the molecule is CC(=O)Cc1ccc(OC2CC2)c(Cl)c1. The Balaban J connectivity index is 2.10. The van der Waals surface area contributed by atoms with Crippen molar-refractivity contribution in [1.29, 1.82) is 0 Å². The Hall–Kier alpha value is -1.02. The zero-order valence-corrected chi connectivity index (χ0v) is 9.38. The van der Waals surface area contributed by atoms with Gasteiger partial charge in [0.2, 0.25) is 0 Å². The predicted molar refractivity (Wildman–Crippen MR) is 59.5 cm³/mol. The molecule has 1 aromatic rings. The molecule has 80 valence electrons. The summed E-state index contributed by atoms with van der Waals surface area (Å²) >= 11 is 6.05. The number of ether oxygens (including phenoxy) is 1. The molecule has 3 heteroatoms. The van der Waals surface area contributed by atoms with Crippen molar-refractivity contribution in [1.82, 2.24) is 0 Å². The second-order valence-corrected chi connectivity index (χ2v) is 4.37. The Morgan fingerprint density at radius 3 is 2.80 bits per heavy atom. The van der Waals surface area contributed by atoms with Crippen LogP contribution in [0, 0.1) is 0 Å². The van der Waals surface area contributed by atoms with Crippen LogP contribution in [-0.4, -0.2) is 11.9 Å². The van der Waals surface area contributed by atoms with Crippen molar-refractivity contribution in [3.05, 3.63) is 28.8 Å². The fourth-order valence-electron chi connectivity index (χ4n) is 1.40. The van der Waals surface area contributed by atoms with E-state index in [0.29, 0.717) is 17.5 Å². The van der Waals surface area contributed by atoms with Gasteiger partial charge >= 0.3 is 0 Å². The molecule has 0 radical (unpaired) electrons. The summed E-state index contributed by atoms with van der Waals surface area (Å²) in [6.45, 7) is 1.57. The lowest BCUT2D eigenvalue weighted by atomic mass is 10.1. The van der Waals surface area contributed by atoms with Crippen molar-refractivity contribution in [3.8, 4) is 5.75 Å². The molecule has 0 aromatic heterocycles. The van der Waals surface area contributed by atoms with E-state index >= 15 is 0 Å². The fraction of sp³-hybridized carbons (Fsp3) is 0.417. The first-order valence-electron chi connectivity index (χ1n) is 5.09. The van der Waals surface area contributed by atoms with Gasteiger partial charge in [0.1, 0.15) is 11.5 Å². The average Bonchev–Trinajstić information content (AvgIpc) is 2.92. The standard InChI is InChI=1S/C12H13ClO2/c1-8(14)6-9-2-5-12(11(13)7-9)15-10-3-4-10/h2,5,7,10H,3-4,6H2,1H3. The maximum Gasteiger partial charge on any atom is 0.138 e. The lowest BCUT2D eigenvalue weighted by Crippen LogP contribution is -1.99. The van der Waals surface area contributed by atoms with E-state index in [2.05, 4.69) is 0 Å². The minimum absolute atomic E-state index is 0.141. The molecule has 0 amide bonds. The monoisotopic (exact) mass is 224 g/mol. The molecule has 1 aromatic carbocycles. The Bertz CT molecular complexity index is 383. The van der Waals surface area contributed by atoms with E-state index in [0.717, 1.165) is 24.2 Å². The third-order valence-corrected chi connectivity index (χ3v) is 2.56. The van der Waals surface area contributed by atoms with Gasteiger partial charge in [0.15, 0.2) is 0 Å². The lowest BCUT2D eigenvalue weighted by molar-refractivity contribution is -0.116. The molecule has 0 aliphatic heterocycles. The topological polar surface area (TPSA) is 26.3 Å². The molecule has 0 atom stereocenters. The van der Waals surface area contributed by atoms with Crippen LogP contribution >= 0.6 is 11.6 Å². The van der Waals surface area contributed by atoms with E-state index in [1.54, 1.807) is 13.0 Å². The highest BCUT2D eigenvalue weighted by Gasteiger charge is 2.24. The summed E-state index contributed by atoms with van der Waals surface area (Å²) in [5.74, 6) is 0.869. The first-order valence-corrected chi connectivity index (χ1v) is 5.47. The molecule has 0 bridgehead atoms. The minimum Gasteiger partial charge on any atom is -0.489 e. The van der Waals surface area contributed by atoms with E-state index < -0.39 is 0 Å². The largest absolute Gasteiger partial charge is 0.489 e. The molecular formula is C12H13ClO2. The molecule has 0 heterocycles. The summed E-state index contributed by atoms with van der Waals surface area (Å²) in [6.07, 6.45) is 3.02. The van der Waals surface area contributed by atoms with Crippen LogP contribution in [0.4, 0.5) is 0 Å². The second kappa shape index (κ2) is 4.23. The number of carbonyl (C=O) groups is 1. The number of halogens is 1. The quantitative estimate of drug-likeness (QED) is 0.786. The van der Waals surface area contributed by atoms with Gasteiger partial charge in [0.25, 0.3) is 0 Å². The number of hydrogen-bond acceptors (Lipinski definition) is 2. The second-order valence-electron chi connectivity index (χ2n) is 3.96. The van der Waals surface area contributed by atoms with Crippen LogP contribution in [-0.2, 0) is 11.2 Å². The third-order valence-electron chi connectivity index (χ3n) is 2.27. The maximum absolute atomic E-state index is 10.9. The normalized spacial score (nSPS) is 15.1. The van der Waals surface area contributed by atoms with Gasteiger partial charge in [-0.2, -0.15) is 0 Å². The number of hydrogen-bond donors (Lipinski definition) is 0. The molecular weight excluding hydrogens is 212 g/mol. The predicted octanol–water partition coefficient (Wildman–Crippen LogP) is 3.01. The van der Waals surface area contributed by atoms with Crippen LogP contribution in [0.15, 0.2) is 18.2 Å². The zero-order chi connectivity index (χ0) is 10.8. The molecule has 1 fully saturated rings. The minimum atomic E-state index is 0.141. The van der Waals surface area contributed by atoms with Crippen LogP contribution < -0.4 is 4.74 Å². The highest BCUT2D eigenvalue weighted by Crippen LogP contribution is 2.32. The van der Waals surface area contributed by atoms with E-state index in [-0.39, 0.29) is 5.78 Å². The maximum atomic E-state index is 10.9. The van der Waals surface area contributed by atoms with Crippen molar-refractivity contribution in [2.45, 2.75) is 32.3 Å². The zero-order valence-electron chi connectivity index (χ0n) is 8.63. The molecule has 15 heavy (non-hydrogen) atoms. The number of rotatable bonds is 4. The van der Waals surface area contributed by atoms with Gasteiger partial charge in [-0.1, -0.05) is 17.7 Å². The Morgan fingerprint density at radius 2 is 2.27 bits per heavy atom. The van der Waals surface area contributed by atoms with Crippen LogP contribution in [0.5, 0.6) is 5.75 Å². The van der Waals surface area contributed by atoms with Crippen molar-refractivity contribution in [3.63, 3.8) is 0 Å². The summed E-state index contributed by atoms with van der Waals surface area (Å²) in [4.78, 5) is 10.9. The van der Waals surface area contributed by atoms with Crippen molar-refractivity contribution >= 4 is 17.4 Å². The van der Waals surface area contributed by atoms with Crippen LogP contribution in [0.3, 0.4) is 0 Å². The fourth-order valence-corrected chi connectivity index (χ4v) is 1.65. The number of carbonyl (C=O) groups excluding carboxylic acids is 1. The molecule has 2 rings (SSSR count). The van der Waals surface area contributed by atoms with Crippen molar-refractivity contribution in [2.24, 2.45) is 0 Å². The molecule has 0 saturated heterocycles. The van der Waals surface area contributed by atoms with Crippen LogP contribution in [0.2, 0.25) is 5.02 Å². The summed E-state index contributed by atoms with van der Waals surface area (Å²) in [6, 6.07) is 5.55. The summed E-state index contributed by atoms with van der Waals surface area (Å²) in [5, 5.41) is 0.598. The number of benzene rings is 1. The number of ketones is 1. The van der Waals surface area contributed by atoms with Gasteiger partial charge in [-0.3, -0.25) is 4.79 Å². The van der Waals surface area contributed by atoms with Gasteiger partial charge in [0, 0.05) is 6.42 Å². The summed E-state index contributed by atoms with van der Waals surface area (Å²) in [7, 11) is 0. The van der Waals surface area contributed by atoms with E-state index in [1.807, 2.05) is 12.1 Å². The average molecular weight is 225 g/mol. The van der Waals surface area contributed by atoms with Crippen LogP contribution in [0.1, 0.15) is 25.3 Å². The Morgan fingerprint density at radius 1 is 1.53 bits per heavy atom. The van der Waals surface area contributed by atoms with Gasteiger partial charge in [-0.15, -0.1) is 0 Å². The van der Waals surface area contributed by atoms with Gasteiger partial charge in [0.05, 0.1) is 11.1 Å². The Kier molecular flexibility index (Phi) is 2.96. The summed E-state index contributed by atoms with van der Waals surface area (Å²) in [5.41, 5.74) is 0.940. The van der Waals surface area contributed by atoms with E-state index in [4.69, 9.17) is 16.3 Å². The molecule has 0 unspecified atom stereocenters. The third kappa shape index (κ3) is 2.96. The van der Waals surface area contributed by atoms with Gasteiger partial charge in [-0.05, 0) is 37.5 Å². The van der Waals surface area contributed by atoms with E-state index in [1.165, 1.54) is 0 Å². The van der Waals surface area contributed by atoms with Crippen molar-refractivity contribution < 1.29 is 9.53 Å². The molecule has 2 nitrogen and oxygen atoms in total. The van der Waals surface area contributed by atoms with Gasteiger partial charge < -0.3 is 4.74 Å². The molecule has 1 aliphatic rings.